The van der Waals surface area contributed by atoms with Crippen molar-refractivity contribution in [1.29, 1.82) is 0 Å². The van der Waals surface area contributed by atoms with E-state index in [9.17, 15) is 9.59 Å². The van der Waals surface area contributed by atoms with Crippen molar-refractivity contribution in [3.8, 4) is 0 Å². The van der Waals surface area contributed by atoms with Crippen LogP contribution in [0.4, 0.5) is 5.13 Å². The number of aryl methyl sites for hydroxylation is 1. The fourth-order valence-electron chi connectivity index (χ4n) is 2.46. The first-order valence-corrected chi connectivity index (χ1v) is 8.97. The van der Waals surface area contributed by atoms with Gasteiger partial charge >= 0.3 is 5.97 Å². The van der Waals surface area contributed by atoms with E-state index in [4.69, 9.17) is 16.3 Å². The molecule has 2 aromatic heterocycles. The highest BCUT2D eigenvalue weighted by Crippen LogP contribution is 2.24. The van der Waals surface area contributed by atoms with Crippen LogP contribution in [0.2, 0.25) is 5.02 Å². The van der Waals surface area contributed by atoms with E-state index in [-0.39, 0.29) is 19.1 Å². The van der Waals surface area contributed by atoms with Gasteiger partial charge in [0.1, 0.15) is 18.0 Å². The summed E-state index contributed by atoms with van der Waals surface area (Å²) in [6.45, 7) is 5.45. The average Bonchev–Trinajstić information content (AvgIpc) is 3.15. The van der Waals surface area contributed by atoms with Gasteiger partial charge in [-0.1, -0.05) is 35.6 Å². The van der Waals surface area contributed by atoms with E-state index in [1.54, 1.807) is 13.0 Å². The molecule has 0 fully saturated rings. The Balaban J connectivity index is 1.70. The molecular weight excluding hydrogens is 374 g/mol. The summed E-state index contributed by atoms with van der Waals surface area (Å²) in [6, 6.07) is 7.39. The molecule has 134 valence electrons. The Labute approximate surface area is 159 Å². The van der Waals surface area contributed by atoms with E-state index < -0.39 is 5.97 Å². The topological polar surface area (TPSA) is 73.2 Å². The summed E-state index contributed by atoms with van der Waals surface area (Å²) in [5, 5.41) is 4.69. The number of fused-ring (bicyclic) bond motifs is 1. The number of hydrogen-bond acceptors (Lipinski definition) is 5. The van der Waals surface area contributed by atoms with Gasteiger partial charge < -0.3 is 14.6 Å². The highest BCUT2D eigenvalue weighted by Gasteiger charge is 2.18. The van der Waals surface area contributed by atoms with Gasteiger partial charge in [0, 0.05) is 22.1 Å². The Morgan fingerprint density at radius 1 is 1.42 bits per heavy atom. The monoisotopic (exact) mass is 389 g/mol. The smallest absolute Gasteiger partial charge is 0.350 e. The maximum atomic E-state index is 12.3. The first-order chi connectivity index (χ1) is 12.5. The Bertz CT molecular complexity index is 993. The number of anilines is 1. The molecular formula is C18H16ClN3O3S. The van der Waals surface area contributed by atoms with Gasteiger partial charge in [-0.25, -0.2) is 9.78 Å². The second-order valence-corrected chi connectivity index (χ2v) is 6.95. The summed E-state index contributed by atoms with van der Waals surface area (Å²) in [5.74, 6) is -0.717. The lowest BCUT2D eigenvalue weighted by atomic mass is 10.2. The van der Waals surface area contributed by atoms with Crippen molar-refractivity contribution in [3.63, 3.8) is 0 Å². The van der Waals surface area contributed by atoms with Crippen molar-refractivity contribution < 1.29 is 14.3 Å². The molecule has 6 nitrogen and oxygen atoms in total. The molecule has 0 aliphatic rings. The number of rotatable bonds is 6. The molecule has 0 saturated heterocycles. The third kappa shape index (κ3) is 3.95. The maximum Gasteiger partial charge on any atom is 0.350 e. The van der Waals surface area contributed by atoms with Crippen LogP contribution in [-0.4, -0.2) is 28.0 Å². The minimum Gasteiger partial charge on any atom is -0.457 e. The number of benzene rings is 1. The highest BCUT2D eigenvalue weighted by atomic mass is 35.5. The lowest BCUT2D eigenvalue weighted by Gasteiger charge is -2.05. The third-order valence-electron chi connectivity index (χ3n) is 3.61. The van der Waals surface area contributed by atoms with E-state index in [0.717, 1.165) is 22.2 Å². The lowest BCUT2D eigenvalue weighted by Crippen LogP contribution is -2.18. The van der Waals surface area contributed by atoms with Gasteiger partial charge in [-0.15, -0.1) is 0 Å². The van der Waals surface area contributed by atoms with Crippen molar-refractivity contribution in [2.45, 2.75) is 13.5 Å². The molecule has 3 rings (SSSR count). The zero-order valence-electron chi connectivity index (χ0n) is 14.0. The number of nitrogens with zero attached hydrogens (tertiary/aromatic N) is 2. The summed E-state index contributed by atoms with van der Waals surface area (Å²) in [5.41, 5.74) is 1.42. The molecule has 0 unspecified atom stereocenters. The second-order valence-electron chi connectivity index (χ2n) is 5.52. The number of nitrogens with one attached hydrogen (secondary N) is 1. The van der Waals surface area contributed by atoms with Crippen LogP contribution >= 0.6 is 22.9 Å². The summed E-state index contributed by atoms with van der Waals surface area (Å²) < 4.78 is 6.83. The number of carbonyl (C=O) groups excluding carboxylic acids is 2. The predicted octanol–water partition coefficient (Wildman–Crippen LogP) is 4.04. The number of aromatic nitrogens is 2. The van der Waals surface area contributed by atoms with Gasteiger partial charge in [0.15, 0.2) is 5.13 Å². The number of esters is 1. The van der Waals surface area contributed by atoms with Crippen molar-refractivity contribution in [2.24, 2.45) is 0 Å². The largest absolute Gasteiger partial charge is 0.457 e. The first-order valence-electron chi connectivity index (χ1n) is 7.77. The molecule has 0 spiro atoms. The van der Waals surface area contributed by atoms with Gasteiger partial charge in [-0.2, -0.15) is 0 Å². The van der Waals surface area contributed by atoms with Crippen molar-refractivity contribution in [3.05, 3.63) is 58.7 Å². The van der Waals surface area contributed by atoms with E-state index in [1.807, 2.05) is 29.0 Å². The van der Waals surface area contributed by atoms with Crippen molar-refractivity contribution in [2.75, 3.05) is 11.9 Å². The summed E-state index contributed by atoms with van der Waals surface area (Å²) in [7, 11) is 0. The van der Waals surface area contributed by atoms with Crippen molar-refractivity contribution in [1.82, 2.24) is 9.55 Å². The molecule has 3 aromatic rings. The Morgan fingerprint density at radius 2 is 2.23 bits per heavy atom. The van der Waals surface area contributed by atoms with E-state index >= 15 is 0 Å². The van der Waals surface area contributed by atoms with Crippen LogP contribution in [0.3, 0.4) is 0 Å². The molecule has 1 N–H and O–H groups in total. The number of hydrogen-bond donors (Lipinski definition) is 1. The third-order valence-corrected chi connectivity index (χ3v) is 4.90. The normalized spacial score (nSPS) is 10.7. The highest BCUT2D eigenvalue weighted by molar-refractivity contribution is 7.17. The van der Waals surface area contributed by atoms with Crippen LogP contribution in [0.1, 0.15) is 15.4 Å². The van der Waals surface area contributed by atoms with Crippen LogP contribution in [0.5, 0.6) is 0 Å². The predicted molar refractivity (Wildman–Crippen MR) is 103 cm³/mol. The minimum atomic E-state index is -0.478. The zero-order valence-corrected chi connectivity index (χ0v) is 15.6. The summed E-state index contributed by atoms with van der Waals surface area (Å²) in [6.07, 6.45) is 3.32. The molecule has 8 heteroatoms. The Hall–Kier alpha value is -2.64. The van der Waals surface area contributed by atoms with Crippen molar-refractivity contribution >= 4 is 50.8 Å². The molecule has 2 heterocycles. The standard InChI is InChI=1S/C18H16ClN3O3S/c1-3-8-25-17(24)16-11(2)20-18(26-16)21-15(23)10-22-7-6-12-9-13(19)4-5-14(12)22/h3-7,9H,1,8,10H2,2H3,(H,20,21,23). The number of halogens is 1. The van der Waals surface area contributed by atoms with Crippen LogP contribution in [0.15, 0.2) is 43.1 Å². The second kappa shape index (κ2) is 7.72. The zero-order chi connectivity index (χ0) is 18.7. The van der Waals surface area contributed by atoms with Gasteiger partial charge in [0.25, 0.3) is 0 Å². The number of amides is 1. The summed E-state index contributed by atoms with van der Waals surface area (Å²) in [4.78, 5) is 28.8. The molecule has 0 bridgehead atoms. The number of carbonyl (C=O) groups is 2. The van der Waals surface area contributed by atoms with E-state index in [0.29, 0.717) is 20.7 Å². The van der Waals surface area contributed by atoms with Gasteiger partial charge in [-0.05, 0) is 31.2 Å². The molecule has 0 atom stereocenters. The lowest BCUT2D eigenvalue weighted by molar-refractivity contribution is -0.116. The Kier molecular flexibility index (Phi) is 5.39. The quantitative estimate of drug-likeness (QED) is 0.510. The molecule has 1 amide bonds. The first kappa shape index (κ1) is 18.2. The fraction of sp³-hybridized carbons (Fsp3) is 0.167. The molecule has 0 aliphatic carbocycles. The number of thiazole rings is 1. The molecule has 0 aliphatic heterocycles. The SMILES string of the molecule is C=CCOC(=O)c1sc(NC(=O)Cn2ccc3cc(Cl)ccc32)nc1C. The van der Waals surface area contributed by atoms with E-state index in [1.165, 1.54) is 6.08 Å². The minimum absolute atomic E-state index is 0.125. The van der Waals surface area contributed by atoms with Crippen LogP contribution in [-0.2, 0) is 16.1 Å². The molecule has 0 saturated carbocycles. The van der Waals surface area contributed by atoms with Gasteiger partial charge in [-0.3, -0.25) is 4.79 Å². The molecule has 0 radical (unpaired) electrons. The van der Waals surface area contributed by atoms with Crippen LogP contribution in [0.25, 0.3) is 10.9 Å². The maximum absolute atomic E-state index is 12.3. The van der Waals surface area contributed by atoms with Crippen LogP contribution < -0.4 is 5.32 Å². The van der Waals surface area contributed by atoms with Gasteiger partial charge in [0.05, 0.1) is 5.69 Å². The van der Waals surface area contributed by atoms with Crippen LogP contribution in [0, 0.1) is 6.92 Å². The summed E-state index contributed by atoms with van der Waals surface area (Å²) >= 11 is 7.06. The molecule has 26 heavy (non-hydrogen) atoms. The fourth-order valence-corrected chi connectivity index (χ4v) is 3.52. The number of ether oxygens (including phenoxy) is 1. The van der Waals surface area contributed by atoms with Gasteiger partial charge in [0.2, 0.25) is 5.91 Å². The Morgan fingerprint density at radius 3 is 3.00 bits per heavy atom. The van der Waals surface area contributed by atoms with E-state index in [2.05, 4.69) is 16.9 Å². The average molecular weight is 390 g/mol. The molecule has 1 aromatic carbocycles.